The van der Waals surface area contributed by atoms with E-state index in [-0.39, 0.29) is 24.7 Å². The van der Waals surface area contributed by atoms with Gasteiger partial charge in [0.2, 0.25) is 0 Å². The highest BCUT2D eigenvalue weighted by Crippen LogP contribution is 2.28. The number of rotatable bonds is 12. The molecule has 3 aromatic carbocycles. The van der Waals surface area contributed by atoms with Crippen molar-refractivity contribution in [2.24, 2.45) is 5.10 Å². The summed E-state index contributed by atoms with van der Waals surface area (Å²) in [6.07, 6.45) is 1.56. The van der Waals surface area contributed by atoms with Crippen molar-refractivity contribution in [3.8, 4) is 11.5 Å². The number of esters is 1. The minimum absolute atomic E-state index is 0.0760. The molecule has 37 heavy (non-hydrogen) atoms. The average molecular weight is 505 g/mol. The standard InChI is InChI=1S/C27H27N3O7/c1-3-35-24-15-18(16-28-30-22-12-6-19(7-13-22)26(32)33)5-14-23(24)37-17-25(31)29-21-10-8-20(9-11-21)27(34)36-4-2/h5-16,30H,3-4,17H2,1-2H3,(H,29,31)(H,32,33)/p-1. The van der Waals surface area contributed by atoms with Crippen LogP contribution in [0.3, 0.4) is 0 Å². The van der Waals surface area contributed by atoms with E-state index in [0.717, 1.165) is 0 Å². The van der Waals surface area contributed by atoms with Gasteiger partial charge in [-0.1, -0.05) is 12.1 Å². The molecule has 0 heterocycles. The van der Waals surface area contributed by atoms with Gasteiger partial charge in [-0.25, -0.2) is 4.79 Å². The first-order chi connectivity index (χ1) is 17.9. The van der Waals surface area contributed by atoms with Crippen LogP contribution in [-0.4, -0.2) is 43.9 Å². The number of ether oxygens (including phenoxy) is 3. The number of carboxylic acid groups (broad SMARTS) is 1. The van der Waals surface area contributed by atoms with Crippen LogP contribution in [0.2, 0.25) is 0 Å². The number of nitrogens with one attached hydrogen (secondary N) is 2. The third-order valence-corrected chi connectivity index (χ3v) is 4.83. The second-order valence-corrected chi connectivity index (χ2v) is 7.51. The Balaban J connectivity index is 1.56. The lowest BCUT2D eigenvalue weighted by atomic mass is 10.2. The minimum atomic E-state index is -1.25. The van der Waals surface area contributed by atoms with Crippen molar-refractivity contribution in [1.29, 1.82) is 0 Å². The van der Waals surface area contributed by atoms with Crippen LogP contribution in [0.15, 0.2) is 71.8 Å². The van der Waals surface area contributed by atoms with E-state index in [9.17, 15) is 19.5 Å². The molecule has 0 spiro atoms. The second kappa shape index (κ2) is 13.3. The number of anilines is 2. The molecule has 0 saturated heterocycles. The molecule has 0 fully saturated rings. The number of carbonyl (C=O) groups is 3. The molecule has 10 heteroatoms. The van der Waals surface area contributed by atoms with Crippen molar-refractivity contribution >= 4 is 35.4 Å². The summed E-state index contributed by atoms with van der Waals surface area (Å²) in [6, 6.07) is 17.5. The monoisotopic (exact) mass is 504 g/mol. The maximum atomic E-state index is 12.3. The first kappa shape index (κ1) is 26.7. The molecule has 0 unspecified atom stereocenters. The molecular formula is C27H26N3O7-. The first-order valence-corrected chi connectivity index (χ1v) is 11.5. The van der Waals surface area contributed by atoms with Gasteiger partial charge in [0.25, 0.3) is 5.91 Å². The fraction of sp³-hybridized carbons (Fsp3) is 0.185. The van der Waals surface area contributed by atoms with Crippen molar-refractivity contribution in [2.45, 2.75) is 13.8 Å². The predicted molar refractivity (Wildman–Crippen MR) is 136 cm³/mol. The summed E-state index contributed by atoms with van der Waals surface area (Å²) in [5.74, 6) is -1.23. The van der Waals surface area contributed by atoms with Crippen LogP contribution < -0.4 is 25.3 Å². The molecule has 0 radical (unpaired) electrons. The van der Waals surface area contributed by atoms with Crippen LogP contribution in [0.1, 0.15) is 40.1 Å². The van der Waals surface area contributed by atoms with Gasteiger partial charge in [0.15, 0.2) is 18.1 Å². The van der Waals surface area contributed by atoms with Crippen molar-refractivity contribution < 1.29 is 33.7 Å². The van der Waals surface area contributed by atoms with E-state index >= 15 is 0 Å². The summed E-state index contributed by atoms with van der Waals surface area (Å²) in [5, 5.41) is 17.7. The zero-order valence-corrected chi connectivity index (χ0v) is 20.4. The zero-order chi connectivity index (χ0) is 26.6. The van der Waals surface area contributed by atoms with Gasteiger partial charge in [-0.05, 0) is 79.6 Å². The molecule has 0 aliphatic rings. The lowest BCUT2D eigenvalue weighted by Crippen LogP contribution is -2.21. The smallest absolute Gasteiger partial charge is 0.338 e. The Morgan fingerprint density at radius 3 is 2.16 bits per heavy atom. The number of hydrogen-bond acceptors (Lipinski definition) is 9. The third-order valence-electron chi connectivity index (χ3n) is 4.83. The van der Waals surface area contributed by atoms with E-state index in [2.05, 4.69) is 15.8 Å². The first-order valence-electron chi connectivity index (χ1n) is 11.5. The van der Waals surface area contributed by atoms with Crippen LogP contribution >= 0.6 is 0 Å². The van der Waals surface area contributed by atoms with Crippen LogP contribution in [0.5, 0.6) is 11.5 Å². The Labute approximate surface area is 213 Å². The topological polar surface area (TPSA) is 138 Å². The number of hydrogen-bond donors (Lipinski definition) is 2. The number of amides is 1. The number of hydrazone groups is 1. The molecule has 0 saturated carbocycles. The molecule has 3 aromatic rings. The maximum absolute atomic E-state index is 12.3. The quantitative estimate of drug-likeness (QED) is 0.218. The number of aromatic carboxylic acids is 1. The van der Waals surface area contributed by atoms with Gasteiger partial charge in [0.05, 0.1) is 36.6 Å². The molecule has 192 valence electrons. The Morgan fingerprint density at radius 2 is 1.51 bits per heavy atom. The lowest BCUT2D eigenvalue weighted by molar-refractivity contribution is -0.255. The minimum Gasteiger partial charge on any atom is -0.545 e. The highest BCUT2D eigenvalue weighted by Gasteiger charge is 2.11. The normalized spacial score (nSPS) is 10.5. The fourth-order valence-corrected chi connectivity index (χ4v) is 3.10. The number of benzene rings is 3. The van der Waals surface area contributed by atoms with E-state index in [1.807, 2.05) is 6.92 Å². The van der Waals surface area contributed by atoms with Crippen molar-refractivity contribution in [1.82, 2.24) is 0 Å². The second-order valence-electron chi connectivity index (χ2n) is 7.51. The number of carbonyl (C=O) groups excluding carboxylic acids is 3. The molecule has 0 aromatic heterocycles. The fourth-order valence-electron chi connectivity index (χ4n) is 3.10. The van der Waals surface area contributed by atoms with Crippen molar-refractivity contribution in [3.63, 3.8) is 0 Å². The zero-order valence-electron chi connectivity index (χ0n) is 20.4. The molecule has 1 amide bonds. The van der Waals surface area contributed by atoms with Gasteiger partial charge >= 0.3 is 5.97 Å². The third kappa shape index (κ3) is 8.10. The van der Waals surface area contributed by atoms with Gasteiger partial charge in [-0.2, -0.15) is 5.10 Å². The molecule has 0 atom stereocenters. The van der Waals surface area contributed by atoms with Crippen LogP contribution in [-0.2, 0) is 9.53 Å². The van der Waals surface area contributed by atoms with Crippen molar-refractivity contribution in [3.05, 3.63) is 83.4 Å². The average Bonchev–Trinajstić information content (AvgIpc) is 2.89. The van der Waals surface area contributed by atoms with Crippen molar-refractivity contribution in [2.75, 3.05) is 30.6 Å². The van der Waals surface area contributed by atoms with Gasteiger partial charge in [-0.3, -0.25) is 10.2 Å². The largest absolute Gasteiger partial charge is 0.545 e. The van der Waals surface area contributed by atoms with E-state index < -0.39 is 11.9 Å². The SMILES string of the molecule is CCOC(=O)c1ccc(NC(=O)COc2ccc(C=NNc3ccc(C(=O)[O-])cc3)cc2OCC)cc1. The molecule has 0 aliphatic heterocycles. The Kier molecular flexibility index (Phi) is 9.60. The molecule has 3 rings (SSSR count). The van der Waals surface area contributed by atoms with E-state index in [1.165, 1.54) is 12.1 Å². The summed E-state index contributed by atoms with van der Waals surface area (Å²) in [6.45, 7) is 3.98. The predicted octanol–water partition coefficient (Wildman–Crippen LogP) is 3.09. The summed E-state index contributed by atoms with van der Waals surface area (Å²) < 4.78 is 16.2. The Bertz CT molecular complexity index is 1260. The van der Waals surface area contributed by atoms with Crippen LogP contribution in [0, 0.1) is 0 Å². The molecule has 2 N–H and O–H groups in total. The Morgan fingerprint density at radius 1 is 0.838 bits per heavy atom. The summed E-state index contributed by atoms with van der Waals surface area (Å²) in [7, 11) is 0. The summed E-state index contributed by atoms with van der Waals surface area (Å²) in [5.41, 5.74) is 5.11. The highest BCUT2D eigenvalue weighted by molar-refractivity contribution is 5.94. The van der Waals surface area contributed by atoms with Gasteiger partial charge in [0.1, 0.15) is 0 Å². The lowest BCUT2D eigenvalue weighted by Gasteiger charge is -2.13. The van der Waals surface area contributed by atoms with Gasteiger partial charge < -0.3 is 29.4 Å². The highest BCUT2D eigenvalue weighted by atomic mass is 16.5. The van der Waals surface area contributed by atoms with Crippen LogP contribution in [0.25, 0.3) is 0 Å². The van der Waals surface area contributed by atoms with E-state index in [0.29, 0.717) is 40.6 Å². The molecule has 0 aliphatic carbocycles. The molecule has 0 bridgehead atoms. The summed E-state index contributed by atoms with van der Waals surface area (Å²) >= 11 is 0. The molecular weight excluding hydrogens is 478 g/mol. The number of carboxylic acids is 1. The maximum Gasteiger partial charge on any atom is 0.338 e. The van der Waals surface area contributed by atoms with E-state index in [1.54, 1.807) is 67.7 Å². The van der Waals surface area contributed by atoms with Gasteiger partial charge in [0, 0.05) is 5.69 Å². The molecule has 10 nitrogen and oxygen atoms in total. The van der Waals surface area contributed by atoms with Gasteiger partial charge in [-0.15, -0.1) is 0 Å². The Hall–Kier alpha value is -4.86. The number of nitrogens with zero attached hydrogens (tertiary/aromatic N) is 1. The summed E-state index contributed by atoms with van der Waals surface area (Å²) in [4.78, 5) is 34.9. The van der Waals surface area contributed by atoms with Crippen LogP contribution in [0.4, 0.5) is 11.4 Å². The van der Waals surface area contributed by atoms with E-state index in [4.69, 9.17) is 14.2 Å².